The topological polar surface area (TPSA) is 52.3 Å². The largest absolute Gasteiger partial charge is 0.469 e. The van der Waals surface area contributed by atoms with Crippen molar-refractivity contribution in [2.45, 2.75) is 25.7 Å². The van der Waals surface area contributed by atoms with Gasteiger partial charge in [0.1, 0.15) is 11.6 Å². The molecule has 1 atom stereocenters. The molecule has 1 unspecified atom stereocenters. The Bertz CT molecular complexity index is 463. The fraction of sp³-hybridized carbons (Fsp3) is 0.462. The van der Waals surface area contributed by atoms with Crippen LogP contribution in [0.3, 0.4) is 0 Å². The first-order valence-corrected chi connectivity index (χ1v) is 5.57. The predicted octanol–water partition coefficient (Wildman–Crippen LogP) is 2.05. The highest BCUT2D eigenvalue weighted by Crippen LogP contribution is 2.30. The first-order chi connectivity index (χ1) is 8.34. The van der Waals surface area contributed by atoms with E-state index >= 15 is 0 Å². The van der Waals surface area contributed by atoms with Gasteiger partial charge in [-0.05, 0) is 30.2 Å². The molecule has 0 aliphatic carbocycles. The molecule has 0 heterocycles. The van der Waals surface area contributed by atoms with Gasteiger partial charge < -0.3 is 10.5 Å². The Labute approximate surface area is 105 Å². The molecule has 0 saturated heterocycles. The quantitative estimate of drug-likeness (QED) is 0.840. The van der Waals surface area contributed by atoms with Crippen molar-refractivity contribution in [1.29, 1.82) is 0 Å². The van der Waals surface area contributed by atoms with Gasteiger partial charge in [-0.25, -0.2) is 8.78 Å². The third-order valence-electron chi connectivity index (χ3n) is 3.11. The molecule has 1 rings (SSSR count). The minimum Gasteiger partial charge on any atom is -0.469 e. The molecule has 0 aliphatic rings. The van der Waals surface area contributed by atoms with Crippen LogP contribution in [-0.2, 0) is 14.9 Å². The number of hydrogen-bond acceptors (Lipinski definition) is 3. The van der Waals surface area contributed by atoms with E-state index < -0.39 is 23.0 Å². The van der Waals surface area contributed by atoms with Crippen molar-refractivity contribution in [2.24, 2.45) is 5.73 Å². The number of methoxy groups -OCH3 is 1. The summed E-state index contributed by atoms with van der Waals surface area (Å²) in [6, 6.07) is 2.20. The Balaban J connectivity index is 3.23. The number of benzene rings is 1. The normalized spacial score (nSPS) is 14.1. The highest BCUT2D eigenvalue weighted by Gasteiger charge is 2.32. The van der Waals surface area contributed by atoms with Crippen LogP contribution in [0.5, 0.6) is 0 Å². The molecule has 0 aromatic heterocycles. The van der Waals surface area contributed by atoms with E-state index in [1.165, 1.54) is 14.0 Å². The smallest absolute Gasteiger partial charge is 0.306 e. The average Bonchev–Trinajstić information content (AvgIpc) is 2.33. The van der Waals surface area contributed by atoms with Crippen LogP contribution in [-0.4, -0.2) is 19.6 Å². The van der Waals surface area contributed by atoms with Gasteiger partial charge >= 0.3 is 5.97 Å². The van der Waals surface area contributed by atoms with E-state index in [4.69, 9.17) is 5.73 Å². The summed E-state index contributed by atoms with van der Waals surface area (Å²) in [5.74, 6) is -1.59. The SMILES string of the molecule is COC(=O)CC(C)(CN)c1cc(F)c(C)cc1F. The van der Waals surface area contributed by atoms with Crippen LogP contribution in [0.1, 0.15) is 24.5 Å². The van der Waals surface area contributed by atoms with Crippen molar-refractivity contribution in [3.8, 4) is 0 Å². The monoisotopic (exact) mass is 257 g/mol. The van der Waals surface area contributed by atoms with E-state index in [0.29, 0.717) is 0 Å². The fourth-order valence-corrected chi connectivity index (χ4v) is 1.78. The summed E-state index contributed by atoms with van der Waals surface area (Å²) >= 11 is 0. The molecule has 100 valence electrons. The van der Waals surface area contributed by atoms with Crippen molar-refractivity contribution in [3.63, 3.8) is 0 Å². The highest BCUT2D eigenvalue weighted by molar-refractivity contribution is 5.71. The third-order valence-corrected chi connectivity index (χ3v) is 3.11. The molecule has 0 aliphatic heterocycles. The van der Waals surface area contributed by atoms with Gasteiger partial charge in [0.2, 0.25) is 0 Å². The zero-order chi connectivity index (χ0) is 13.9. The fourth-order valence-electron chi connectivity index (χ4n) is 1.78. The van der Waals surface area contributed by atoms with Crippen LogP contribution in [0.15, 0.2) is 12.1 Å². The summed E-state index contributed by atoms with van der Waals surface area (Å²) in [5, 5.41) is 0. The third kappa shape index (κ3) is 2.85. The molecule has 0 bridgehead atoms. The molecule has 1 aromatic rings. The van der Waals surface area contributed by atoms with Crippen molar-refractivity contribution in [1.82, 2.24) is 0 Å². The molecule has 0 saturated carbocycles. The second kappa shape index (κ2) is 5.44. The van der Waals surface area contributed by atoms with Gasteiger partial charge in [-0.1, -0.05) is 6.92 Å². The minimum atomic E-state index is -0.980. The Morgan fingerprint density at radius 3 is 2.50 bits per heavy atom. The summed E-state index contributed by atoms with van der Waals surface area (Å²) in [7, 11) is 1.24. The molecule has 0 fully saturated rings. The van der Waals surface area contributed by atoms with Gasteiger partial charge in [-0.3, -0.25) is 4.79 Å². The second-order valence-electron chi connectivity index (χ2n) is 4.60. The van der Waals surface area contributed by atoms with Crippen molar-refractivity contribution < 1.29 is 18.3 Å². The van der Waals surface area contributed by atoms with E-state index in [1.807, 2.05) is 0 Å². The molecule has 18 heavy (non-hydrogen) atoms. The standard InChI is InChI=1S/C13H17F2NO2/c1-8-4-11(15)9(5-10(8)14)13(2,7-16)6-12(17)18-3/h4-5H,6-7,16H2,1-3H3. The van der Waals surface area contributed by atoms with E-state index in [-0.39, 0.29) is 24.1 Å². The molecule has 3 nitrogen and oxygen atoms in total. The lowest BCUT2D eigenvalue weighted by molar-refractivity contribution is -0.141. The molecule has 5 heteroatoms. The zero-order valence-corrected chi connectivity index (χ0v) is 10.7. The lowest BCUT2D eigenvalue weighted by Crippen LogP contribution is -2.35. The van der Waals surface area contributed by atoms with Crippen molar-refractivity contribution in [2.75, 3.05) is 13.7 Å². The molecular formula is C13H17F2NO2. The van der Waals surface area contributed by atoms with Crippen LogP contribution in [0, 0.1) is 18.6 Å². The van der Waals surface area contributed by atoms with E-state index in [1.54, 1.807) is 6.92 Å². The Morgan fingerprint density at radius 2 is 2.00 bits per heavy atom. The van der Waals surface area contributed by atoms with Gasteiger partial charge in [0.15, 0.2) is 0 Å². The number of esters is 1. The molecule has 0 spiro atoms. The van der Waals surface area contributed by atoms with Gasteiger partial charge in [-0.15, -0.1) is 0 Å². The minimum absolute atomic E-state index is 0.0154. The number of rotatable bonds is 4. The maximum atomic E-state index is 13.9. The molecule has 1 aromatic carbocycles. The predicted molar refractivity (Wildman–Crippen MR) is 64.1 cm³/mol. The first kappa shape index (κ1) is 14.6. The summed E-state index contributed by atoms with van der Waals surface area (Å²) in [5.41, 5.74) is 4.93. The van der Waals surface area contributed by atoms with Crippen molar-refractivity contribution in [3.05, 3.63) is 34.9 Å². The average molecular weight is 257 g/mol. The van der Waals surface area contributed by atoms with Crippen molar-refractivity contribution >= 4 is 5.97 Å². The number of carbonyl (C=O) groups is 1. The number of halogens is 2. The number of carbonyl (C=O) groups excluding carboxylic acids is 1. The summed E-state index contributed by atoms with van der Waals surface area (Å²) in [4.78, 5) is 11.3. The van der Waals surface area contributed by atoms with Gasteiger partial charge in [-0.2, -0.15) is 0 Å². The number of nitrogens with two attached hydrogens (primary N) is 1. The highest BCUT2D eigenvalue weighted by atomic mass is 19.1. The molecule has 0 radical (unpaired) electrons. The molecule has 0 amide bonds. The van der Waals surface area contributed by atoms with Gasteiger partial charge in [0, 0.05) is 12.0 Å². The summed E-state index contributed by atoms with van der Waals surface area (Å²) in [6.45, 7) is 3.10. The van der Waals surface area contributed by atoms with Crippen LogP contribution in [0.25, 0.3) is 0 Å². The number of hydrogen-bond donors (Lipinski definition) is 1. The number of ether oxygens (including phenoxy) is 1. The number of aryl methyl sites for hydroxylation is 1. The summed E-state index contributed by atoms with van der Waals surface area (Å²) in [6.07, 6.45) is -0.0978. The molecule has 2 N–H and O–H groups in total. The van der Waals surface area contributed by atoms with E-state index in [0.717, 1.165) is 12.1 Å². The van der Waals surface area contributed by atoms with Crippen LogP contribution in [0.2, 0.25) is 0 Å². The van der Waals surface area contributed by atoms with Crippen LogP contribution >= 0.6 is 0 Å². The van der Waals surface area contributed by atoms with Crippen LogP contribution < -0.4 is 5.73 Å². The maximum Gasteiger partial charge on any atom is 0.306 e. The Morgan fingerprint density at radius 1 is 1.39 bits per heavy atom. The zero-order valence-electron chi connectivity index (χ0n) is 10.7. The second-order valence-corrected chi connectivity index (χ2v) is 4.60. The van der Waals surface area contributed by atoms with Gasteiger partial charge in [0.05, 0.1) is 13.5 Å². The maximum absolute atomic E-state index is 13.9. The van der Waals surface area contributed by atoms with E-state index in [9.17, 15) is 13.6 Å². The summed E-state index contributed by atoms with van der Waals surface area (Å²) < 4.78 is 32.0. The van der Waals surface area contributed by atoms with E-state index in [2.05, 4.69) is 4.74 Å². The Hall–Kier alpha value is -1.49. The van der Waals surface area contributed by atoms with Gasteiger partial charge in [0.25, 0.3) is 0 Å². The molecular weight excluding hydrogens is 240 g/mol. The van der Waals surface area contributed by atoms with Crippen LogP contribution in [0.4, 0.5) is 8.78 Å². The first-order valence-electron chi connectivity index (χ1n) is 5.57. The lowest BCUT2D eigenvalue weighted by Gasteiger charge is -2.28. The lowest BCUT2D eigenvalue weighted by atomic mass is 9.79. The Kier molecular flexibility index (Phi) is 4.40.